The summed E-state index contributed by atoms with van der Waals surface area (Å²) in [6, 6.07) is 6.91. The van der Waals surface area contributed by atoms with Crippen LogP contribution in [0, 0.1) is 5.92 Å². The van der Waals surface area contributed by atoms with Crippen molar-refractivity contribution >= 4 is 23.5 Å². The Morgan fingerprint density at radius 3 is 2.79 bits per heavy atom. The van der Waals surface area contributed by atoms with Crippen molar-refractivity contribution in [3.8, 4) is 0 Å². The lowest BCUT2D eigenvalue weighted by Gasteiger charge is -2.12. The van der Waals surface area contributed by atoms with E-state index in [0.29, 0.717) is 11.4 Å². The number of carbonyl (C=O) groups is 2. The van der Waals surface area contributed by atoms with Crippen molar-refractivity contribution in [2.45, 2.75) is 18.9 Å². The summed E-state index contributed by atoms with van der Waals surface area (Å²) in [5, 5.41) is 12.2. The van der Waals surface area contributed by atoms with Gasteiger partial charge in [-0.15, -0.1) is 0 Å². The highest BCUT2D eigenvalue weighted by molar-refractivity contribution is 6.30. The van der Waals surface area contributed by atoms with Crippen LogP contribution < -0.4 is 5.32 Å². The van der Waals surface area contributed by atoms with E-state index < -0.39 is 11.9 Å². The summed E-state index contributed by atoms with van der Waals surface area (Å²) in [6.45, 7) is 0. The van der Waals surface area contributed by atoms with Crippen LogP contribution in [-0.2, 0) is 16.0 Å². The van der Waals surface area contributed by atoms with Gasteiger partial charge < -0.3 is 10.4 Å². The smallest absolute Gasteiger partial charge is 0.310 e. The van der Waals surface area contributed by atoms with Crippen molar-refractivity contribution in [2.75, 3.05) is 0 Å². The van der Waals surface area contributed by atoms with Gasteiger partial charge in [0.15, 0.2) is 0 Å². The third-order valence-electron chi connectivity index (χ3n) is 3.00. The fourth-order valence-electron chi connectivity index (χ4n) is 2.08. The Bertz CT molecular complexity index is 527. The number of hydrogen-bond donors (Lipinski definition) is 2. The van der Waals surface area contributed by atoms with Crippen molar-refractivity contribution < 1.29 is 14.7 Å². The van der Waals surface area contributed by atoms with Gasteiger partial charge in [-0.3, -0.25) is 9.59 Å². The van der Waals surface area contributed by atoms with Crippen molar-refractivity contribution in [2.24, 2.45) is 5.92 Å². The second kappa shape index (κ2) is 5.89. The minimum Gasteiger partial charge on any atom is -0.481 e. The lowest BCUT2D eigenvalue weighted by atomic mass is 10.1. The highest BCUT2D eigenvalue weighted by Gasteiger charge is 2.25. The molecule has 1 aliphatic rings. The van der Waals surface area contributed by atoms with Crippen LogP contribution in [-0.4, -0.2) is 23.0 Å². The van der Waals surface area contributed by atoms with Gasteiger partial charge in [0.05, 0.1) is 12.3 Å². The van der Waals surface area contributed by atoms with Gasteiger partial charge in [0.25, 0.3) is 0 Å². The number of rotatable bonds is 4. The van der Waals surface area contributed by atoms with E-state index in [2.05, 4.69) is 5.32 Å². The molecule has 0 heterocycles. The number of carboxylic acids is 1. The van der Waals surface area contributed by atoms with Gasteiger partial charge in [0.2, 0.25) is 5.91 Å². The fourth-order valence-corrected chi connectivity index (χ4v) is 2.29. The van der Waals surface area contributed by atoms with Crippen molar-refractivity contribution in [3.63, 3.8) is 0 Å². The Morgan fingerprint density at radius 2 is 2.16 bits per heavy atom. The maximum Gasteiger partial charge on any atom is 0.310 e. The largest absolute Gasteiger partial charge is 0.481 e. The standard InChI is InChI=1S/C14H14ClNO3/c15-11-3-1-2-9(6-11)7-13(17)16-12-5-4-10(8-12)14(18)19/h1-6,10,12H,7-8H2,(H,16,17)(H,18,19). The number of nitrogens with one attached hydrogen (secondary N) is 1. The Morgan fingerprint density at radius 1 is 1.37 bits per heavy atom. The number of carbonyl (C=O) groups excluding carboxylic acids is 1. The summed E-state index contributed by atoms with van der Waals surface area (Å²) in [5.74, 6) is -1.50. The highest BCUT2D eigenvalue weighted by atomic mass is 35.5. The average molecular weight is 280 g/mol. The molecule has 0 saturated heterocycles. The predicted molar refractivity (Wildman–Crippen MR) is 72.0 cm³/mol. The molecule has 2 N–H and O–H groups in total. The van der Waals surface area contributed by atoms with Crippen molar-refractivity contribution in [1.82, 2.24) is 5.32 Å². The van der Waals surface area contributed by atoms with E-state index in [-0.39, 0.29) is 18.4 Å². The molecule has 0 spiro atoms. The molecule has 4 nitrogen and oxygen atoms in total. The van der Waals surface area contributed by atoms with E-state index in [1.165, 1.54) is 0 Å². The zero-order valence-corrected chi connectivity index (χ0v) is 10.9. The van der Waals surface area contributed by atoms with Gasteiger partial charge in [-0.1, -0.05) is 35.9 Å². The summed E-state index contributed by atoms with van der Waals surface area (Å²) >= 11 is 5.84. The Hall–Kier alpha value is -1.81. The van der Waals surface area contributed by atoms with Gasteiger partial charge >= 0.3 is 5.97 Å². The maximum atomic E-state index is 11.8. The van der Waals surface area contributed by atoms with Crippen molar-refractivity contribution in [3.05, 3.63) is 47.0 Å². The van der Waals surface area contributed by atoms with E-state index in [4.69, 9.17) is 16.7 Å². The number of hydrogen-bond acceptors (Lipinski definition) is 2. The third kappa shape index (κ3) is 3.83. The predicted octanol–water partition coefficient (Wildman–Crippen LogP) is 2.03. The molecule has 1 aromatic rings. The summed E-state index contributed by atoms with van der Waals surface area (Å²) < 4.78 is 0. The molecule has 0 radical (unpaired) electrons. The second-order valence-electron chi connectivity index (χ2n) is 4.55. The summed E-state index contributed by atoms with van der Waals surface area (Å²) in [4.78, 5) is 22.6. The normalized spacial score (nSPS) is 21.3. The monoisotopic (exact) mass is 279 g/mol. The zero-order chi connectivity index (χ0) is 13.8. The van der Waals surface area contributed by atoms with Crippen LogP contribution >= 0.6 is 11.6 Å². The Labute approximate surface area is 116 Å². The molecule has 2 unspecified atom stereocenters. The molecule has 19 heavy (non-hydrogen) atoms. The van der Waals surface area contributed by atoms with E-state index in [1.807, 2.05) is 6.07 Å². The van der Waals surface area contributed by atoms with Gasteiger partial charge in [-0.2, -0.15) is 0 Å². The first-order valence-electron chi connectivity index (χ1n) is 5.99. The minimum atomic E-state index is -0.858. The van der Waals surface area contributed by atoms with Gasteiger partial charge in [0.1, 0.15) is 0 Å². The van der Waals surface area contributed by atoms with Crippen LogP contribution in [0.4, 0.5) is 0 Å². The van der Waals surface area contributed by atoms with E-state index in [9.17, 15) is 9.59 Å². The molecule has 0 bridgehead atoms. The number of amides is 1. The van der Waals surface area contributed by atoms with Crippen LogP contribution in [0.3, 0.4) is 0 Å². The van der Waals surface area contributed by atoms with Crippen LogP contribution in [0.25, 0.3) is 0 Å². The SMILES string of the molecule is O=C(Cc1cccc(Cl)c1)NC1C=CC(C(=O)O)C1. The maximum absolute atomic E-state index is 11.8. The molecule has 1 aliphatic carbocycles. The first kappa shape index (κ1) is 13.6. The van der Waals surface area contributed by atoms with Crippen LogP contribution in [0.15, 0.2) is 36.4 Å². The molecule has 100 valence electrons. The molecule has 0 aliphatic heterocycles. The molecule has 2 rings (SSSR count). The molecule has 5 heteroatoms. The Balaban J connectivity index is 1.86. The summed E-state index contributed by atoms with van der Waals surface area (Å²) in [6.07, 6.45) is 4.00. The van der Waals surface area contributed by atoms with E-state index in [0.717, 1.165) is 5.56 Å². The molecule has 2 atom stereocenters. The second-order valence-corrected chi connectivity index (χ2v) is 4.98. The zero-order valence-electron chi connectivity index (χ0n) is 10.2. The average Bonchev–Trinajstić information content (AvgIpc) is 2.77. The lowest BCUT2D eigenvalue weighted by Crippen LogP contribution is -2.34. The third-order valence-corrected chi connectivity index (χ3v) is 3.24. The lowest BCUT2D eigenvalue weighted by molar-refractivity contribution is -0.140. The van der Waals surface area contributed by atoms with Crippen LogP contribution in [0.1, 0.15) is 12.0 Å². The minimum absolute atomic E-state index is 0.136. The van der Waals surface area contributed by atoms with Gasteiger partial charge in [-0.25, -0.2) is 0 Å². The van der Waals surface area contributed by atoms with Gasteiger partial charge in [-0.05, 0) is 24.1 Å². The molecule has 0 fully saturated rings. The molecular formula is C14H14ClNO3. The quantitative estimate of drug-likeness (QED) is 0.829. The molecule has 0 aromatic heterocycles. The summed E-state index contributed by atoms with van der Waals surface area (Å²) in [5.41, 5.74) is 0.835. The van der Waals surface area contributed by atoms with Crippen LogP contribution in [0.5, 0.6) is 0 Å². The molecule has 1 aromatic carbocycles. The van der Waals surface area contributed by atoms with Crippen molar-refractivity contribution in [1.29, 1.82) is 0 Å². The topological polar surface area (TPSA) is 66.4 Å². The van der Waals surface area contributed by atoms with Crippen LogP contribution in [0.2, 0.25) is 5.02 Å². The molecule has 1 amide bonds. The first-order chi connectivity index (χ1) is 9.04. The fraction of sp³-hybridized carbons (Fsp3) is 0.286. The summed E-state index contributed by atoms with van der Waals surface area (Å²) in [7, 11) is 0. The molecular weight excluding hydrogens is 266 g/mol. The molecule has 0 saturated carbocycles. The Kier molecular flexibility index (Phi) is 4.22. The number of aliphatic carboxylic acids is 1. The highest BCUT2D eigenvalue weighted by Crippen LogP contribution is 2.18. The first-order valence-corrected chi connectivity index (χ1v) is 6.37. The van der Waals surface area contributed by atoms with Gasteiger partial charge in [0, 0.05) is 11.1 Å². The number of benzene rings is 1. The number of halogens is 1. The number of carboxylic acid groups (broad SMARTS) is 1. The van der Waals surface area contributed by atoms with E-state index >= 15 is 0 Å². The van der Waals surface area contributed by atoms with E-state index in [1.54, 1.807) is 30.4 Å².